The van der Waals surface area contributed by atoms with Gasteiger partial charge in [0.1, 0.15) is 6.04 Å². The Kier molecular flexibility index (Phi) is 7.35. The van der Waals surface area contributed by atoms with Gasteiger partial charge in [0.05, 0.1) is 7.11 Å². The molecule has 1 atom stereocenters. The van der Waals surface area contributed by atoms with Crippen molar-refractivity contribution in [1.29, 1.82) is 0 Å². The normalized spacial score (nSPS) is 11.5. The fourth-order valence-corrected chi connectivity index (χ4v) is 3.18. The molecule has 0 radical (unpaired) electrons. The summed E-state index contributed by atoms with van der Waals surface area (Å²) in [4.78, 5) is 27.4. The van der Waals surface area contributed by atoms with Crippen LogP contribution in [-0.4, -0.2) is 41.7 Å². The molecule has 0 fully saturated rings. The zero-order chi connectivity index (χ0) is 22.2. The second-order valence-corrected chi connectivity index (χ2v) is 7.11. The lowest BCUT2D eigenvalue weighted by Crippen LogP contribution is -2.32. The van der Waals surface area contributed by atoms with Gasteiger partial charge in [-0.05, 0) is 53.8 Å². The van der Waals surface area contributed by atoms with Crippen LogP contribution in [0.15, 0.2) is 66.9 Å². The summed E-state index contributed by atoms with van der Waals surface area (Å²) in [5.41, 5.74) is 9.88. The number of methoxy groups -OCH3 is 1. The highest BCUT2D eigenvalue weighted by atomic mass is 16.5. The number of aromatic nitrogens is 1. The Morgan fingerprint density at radius 1 is 1.06 bits per heavy atom. The van der Waals surface area contributed by atoms with E-state index in [1.54, 1.807) is 37.6 Å². The molecule has 1 aromatic heterocycles. The van der Waals surface area contributed by atoms with Crippen molar-refractivity contribution in [3.05, 3.63) is 83.6 Å². The van der Waals surface area contributed by atoms with Gasteiger partial charge >= 0.3 is 5.97 Å². The monoisotopic (exact) mass is 419 g/mol. The number of nitrogens with one attached hydrogen (secondary N) is 1. The molecule has 0 aliphatic heterocycles. The summed E-state index contributed by atoms with van der Waals surface area (Å²) in [5.74, 6) is -0.640. The van der Waals surface area contributed by atoms with E-state index in [4.69, 9.17) is 15.6 Å². The van der Waals surface area contributed by atoms with E-state index in [1.165, 1.54) is 0 Å². The molecule has 7 nitrogen and oxygen atoms in total. The molecule has 0 saturated carbocycles. The van der Waals surface area contributed by atoms with Crippen LogP contribution in [0, 0.1) is 0 Å². The van der Waals surface area contributed by atoms with Gasteiger partial charge in [-0.3, -0.25) is 9.59 Å². The van der Waals surface area contributed by atoms with Gasteiger partial charge in [-0.15, -0.1) is 0 Å². The van der Waals surface area contributed by atoms with Crippen molar-refractivity contribution in [1.82, 2.24) is 10.3 Å². The average molecular weight is 419 g/mol. The van der Waals surface area contributed by atoms with Gasteiger partial charge in [0, 0.05) is 23.9 Å². The third-order valence-electron chi connectivity index (χ3n) is 4.92. The minimum Gasteiger partial charge on any atom is -0.481 e. The molecule has 0 aliphatic rings. The first kappa shape index (κ1) is 22.0. The zero-order valence-electron chi connectivity index (χ0n) is 17.2. The molecular formula is C24H25N3O4. The number of carboxylic acids is 1. The highest BCUT2D eigenvalue weighted by Gasteiger charge is 2.13. The van der Waals surface area contributed by atoms with E-state index in [0.29, 0.717) is 24.4 Å². The topological polar surface area (TPSA) is 115 Å². The Morgan fingerprint density at radius 3 is 2.39 bits per heavy atom. The van der Waals surface area contributed by atoms with Gasteiger partial charge in [0.2, 0.25) is 5.88 Å². The number of nitrogens with zero attached hydrogens (tertiary/aromatic N) is 1. The molecule has 0 spiro atoms. The van der Waals surface area contributed by atoms with Crippen LogP contribution in [0.25, 0.3) is 11.1 Å². The Labute approximate surface area is 180 Å². The maximum absolute atomic E-state index is 12.3. The second kappa shape index (κ2) is 10.4. The molecule has 3 rings (SSSR count). The van der Waals surface area contributed by atoms with Gasteiger partial charge in [0.15, 0.2) is 0 Å². The molecule has 1 heterocycles. The van der Waals surface area contributed by atoms with Crippen LogP contribution in [0.2, 0.25) is 0 Å². The van der Waals surface area contributed by atoms with E-state index in [9.17, 15) is 9.59 Å². The van der Waals surface area contributed by atoms with Crippen LogP contribution in [0.3, 0.4) is 0 Å². The van der Waals surface area contributed by atoms with Crippen LogP contribution in [0.4, 0.5) is 0 Å². The summed E-state index contributed by atoms with van der Waals surface area (Å²) in [5, 5.41) is 11.8. The van der Waals surface area contributed by atoms with Crippen LogP contribution in [0.1, 0.15) is 21.5 Å². The number of benzene rings is 2. The summed E-state index contributed by atoms with van der Waals surface area (Å²) in [6.07, 6.45) is 2.61. The van der Waals surface area contributed by atoms with Crippen LogP contribution >= 0.6 is 0 Å². The Morgan fingerprint density at radius 2 is 1.74 bits per heavy atom. The lowest BCUT2D eigenvalue weighted by molar-refractivity contribution is -0.138. The predicted octanol–water partition coefficient (Wildman–Crippen LogP) is 2.68. The number of pyridine rings is 1. The minimum atomic E-state index is -1.05. The van der Waals surface area contributed by atoms with Crippen LogP contribution in [-0.2, 0) is 17.6 Å². The van der Waals surface area contributed by atoms with Crippen molar-refractivity contribution >= 4 is 11.9 Å². The number of nitrogens with two attached hydrogens (primary N) is 1. The zero-order valence-corrected chi connectivity index (χ0v) is 17.2. The van der Waals surface area contributed by atoms with Crippen molar-refractivity contribution in [2.75, 3.05) is 13.7 Å². The number of rotatable bonds is 9. The number of amides is 1. The van der Waals surface area contributed by atoms with Gasteiger partial charge in [0.25, 0.3) is 5.91 Å². The van der Waals surface area contributed by atoms with Crippen LogP contribution < -0.4 is 15.8 Å². The van der Waals surface area contributed by atoms with E-state index in [0.717, 1.165) is 22.3 Å². The van der Waals surface area contributed by atoms with Gasteiger partial charge in [-0.25, -0.2) is 4.98 Å². The maximum Gasteiger partial charge on any atom is 0.320 e. The predicted molar refractivity (Wildman–Crippen MR) is 118 cm³/mol. The second-order valence-electron chi connectivity index (χ2n) is 7.11. The van der Waals surface area contributed by atoms with Crippen molar-refractivity contribution in [3.8, 4) is 17.0 Å². The highest BCUT2D eigenvalue weighted by Crippen LogP contribution is 2.27. The molecule has 1 unspecified atom stereocenters. The van der Waals surface area contributed by atoms with Gasteiger partial charge in [-0.1, -0.05) is 36.4 Å². The van der Waals surface area contributed by atoms with Gasteiger partial charge < -0.3 is 20.9 Å². The molecule has 31 heavy (non-hydrogen) atoms. The van der Waals surface area contributed by atoms with Crippen molar-refractivity contribution in [2.24, 2.45) is 5.73 Å². The van der Waals surface area contributed by atoms with Crippen molar-refractivity contribution in [2.45, 2.75) is 18.9 Å². The van der Waals surface area contributed by atoms with E-state index in [-0.39, 0.29) is 12.3 Å². The van der Waals surface area contributed by atoms with Crippen molar-refractivity contribution in [3.63, 3.8) is 0 Å². The fourth-order valence-electron chi connectivity index (χ4n) is 3.18. The summed E-state index contributed by atoms with van der Waals surface area (Å²) >= 11 is 0. The molecule has 0 saturated heterocycles. The van der Waals surface area contributed by atoms with E-state index >= 15 is 0 Å². The molecule has 0 bridgehead atoms. The Hall–Kier alpha value is -3.71. The molecule has 7 heteroatoms. The molecule has 2 aromatic carbocycles. The highest BCUT2D eigenvalue weighted by molar-refractivity contribution is 5.94. The third-order valence-corrected chi connectivity index (χ3v) is 4.92. The van der Waals surface area contributed by atoms with Crippen LogP contribution in [0.5, 0.6) is 5.88 Å². The number of aliphatic carboxylic acids is 1. The quantitative estimate of drug-likeness (QED) is 0.491. The SMILES string of the molecule is COc1ncccc1-c1ccc(CCNC(=O)c2ccc(CC(N)C(=O)O)cc2)cc1. The number of hydrogen-bond acceptors (Lipinski definition) is 5. The Balaban J connectivity index is 1.52. The minimum absolute atomic E-state index is 0.175. The first-order valence-electron chi connectivity index (χ1n) is 9.92. The molecular weight excluding hydrogens is 394 g/mol. The van der Waals surface area contributed by atoms with E-state index in [2.05, 4.69) is 10.3 Å². The number of carboxylic acid groups (broad SMARTS) is 1. The summed E-state index contributed by atoms with van der Waals surface area (Å²) in [7, 11) is 1.60. The maximum atomic E-state index is 12.3. The summed E-state index contributed by atoms with van der Waals surface area (Å²) < 4.78 is 5.31. The number of hydrogen-bond donors (Lipinski definition) is 3. The van der Waals surface area contributed by atoms with E-state index in [1.807, 2.05) is 36.4 Å². The molecule has 1 amide bonds. The molecule has 0 aliphatic carbocycles. The summed E-state index contributed by atoms with van der Waals surface area (Å²) in [6.45, 7) is 0.500. The molecule has 4 N–H and O–H groups in total. The number of carbonyl (C=O) groups is 2. The molecule has 160 valence electrons. The summed E-state index contributed by atoms with van der Waals surface area (Å²) in [6, 6.07) is 17.7. The average Bonchev–Trinajstić information content (AvgIpc) is 2.80. The third kappa shape index (κ3) is 5.90. The first-order chi connectivity index (χ1) is 15.0. The lowest BCUT2D eigenvalue weighted by atomic mass is 10.0. The smallest absolute Gasteiger partial charge is 0.320 e. The lowest BCUT2D eigenvalue weighted by Gasteiger charge is -2.09. The van der Waals surface area contributed by atoms with Gasteiger partial charge in [-0.2, -0.15) is 0 Å². The number of ether oxygens (including phenoxy) is 1. The number of carbonyl (C=O) groups excluding carboxylic acids is 1. The largest absolute Gasteiger partial charge is 0.481 e. The van der Waals surface area contributed by atoms with E-state index < -0.39 is 12.0 Å². The Bertz CT molecular complexity index is 1030. The first-order valence-corrected chi connectivity index (χ1v) is 9.92. The molecule has 3 aromatic rings. The standard InChI is InChI=1S/C24H25N3O4/c1-31-23-20(3-2-13-27-23)18-8-4-16(5-9-18)12-14-26-22(28)19-10-6-17(7-11-19)15-21(25)24(29)30/h2-11,13,21H,12,14-15,25H2,1H3,(H,26,28)(H,29,30). The fraction of sp³-hybridized carbons (Fsp3) is 0.208. The van der Waals surface area contributed by atoms with Crippen molar-refractivity contribution < 1.29 is 19.4 Å².